The van der Waals surface area contributed by atoms with Crippen molar-refractivity contribution in [3.63, 3.8) is 0 Å². The van der Waals surface area contributed by atoms with Gasteiger partial charge < -0.3 is 20.1 Å². The fourth-order valence-corrected chi connectivity index (χ4v) is 6.98. The van der Waals surface area contributed by atoms with Crippen LogP contribution >= 0.6 is 23.1 Å². The van der Waals surface area contributed by atoms with Crippen LogP contribution in [0.5, 0.6) is 5.75 Å². The lowest BCUT2D eigenvalue weighted by atomic mass is 10.1. The van der Waals surface area contributed by atoms with E-state index in [9.17, 15) is 24.5 Å². The number of nitro groups is 1. The van der Waals surface area contributed by atoms with Crippen LogP contribution in [-0.4, -0.2) is 56.4 Å². The van der Waals surface area contributed by atoms with Gasteiger partial charge in [-0.3, -0.25) is 24.3 Å². The van der Waals surface area contributed by atoms with Crippen LogP contribution in [0.2, 0.25) is 0 Å². The smallest absolute Gasteiger partial charge is 0.341 e. The van der Waals surface area contributed by atoms with E-state index in [-0.39, 0.29) is 30.7 Å². The fourth-order valence-electron chi connectivity index (χ4n) is 4.81. The Bertz CT molecular complexity index is 1730. The minimum atomic E-state index is -0.681. The van der Waals surface area contributed by atoms with Crippen molar-refractivity contribution in [1.29, 1.82) is 0 Å². The van der Waals surface area contributed by atoms with Crippen molar-refractivity contribution in [2.45, 2.75) is 50.1 Å². The summed E-state index contributed by atoms with van der Waals surface area (Å²) in [5, 5.41) is 25.6. The largest absolute Gasteiger partial charge is 0.497 e. The van der Waals surface area contributed by atoms with Gasteiger partial charge in [-0.1, -0.05) is 11.8 Å². The molecule has 0 unspecified atom stereocenters. The first-order valence-electron chi connectivity index (χ1n) is 14.1. The molecule has 234 valence electrons. The number of amides is 2. The monoisotopic (exact) mass is 650 g/mol. The summed E-state index contributed by atoms with van der Waals surface area (Å²) in [7, 11) is 1.54. The van der Waals surface area contributed by atoms with Crippen LogP contribution in [0.15, 0.2) is 53.7 Å². The van der Waals surface area contributed by atoms with Gasteiger partial charge in [-0.25, -0.2) is 4.79 Å². The number of thiophene rings is 1. The summed E-state index contributed by atoms with van der Waals surface area (Å²) in [5.41, 5.74) is 2.19. The molecule has 0 spiro atoms. The molecule has 2 amide bonds. The van der Waals surface area contributed by atoms with Crippen molar-refractivity contribution < 1.29 is 28.8 Å². The van der Waals surface area contributed by atoms with E-state index in [4.69, 9.17) is 9.47 Å². The minimum absolute atomic E-state index is 0.0142. The van der Waals surface area contributed by atoms with Crippen molar-refractivity contribution in [2.24, 2.45) is 0 Å². The van der Waals surface area contributed by atoms with Gasteiger partial charge in [0.1, 0.15) is 10.8 Å². The van der Waals surface area contributed by atoms with Gasteiger partial charge >= 0.3 is 5.97 Å². The number of rotatable bonds is 12. The highest BCUT2D eigenvalue weighted by Gasteiger charge is 2.30. The zero-order valence-electron chi connectivity index (χ0n) is 24.7. The SMILES string of the molecule is CCOC(=O)c1c(NC(=O)[C@H](C)Sc2nnc(CNC(=O)c3ccc(OC)cc3)n2-c2ccc([N+](=O)[O-])cc2)sc2c1CCC2. The van der Waals surface area contributed by atoms with Gasteiger partial charge in [0.15, 0.2) is 11.0 Å². The fraction of sp³-hybridized carbons (Fsp3) is 0.300. The van der Waals surface area contributed by atoms with Crippen LogP contribution < -0.4 is 15.4 Å². The number of nitrogens with one attached hydrogen (secondary N) is 2. The van der Waals surface area contributed by atoms with Crippen molar-refractivity contribution in [2.75, 3.05) is 19.0 Å². The molecule has 0 saturated heterocycles. The molecule has 0 saturated carbocycles. The second-order valence-electron chi connectivity index (χ2n) is 9.95. The number of carbonyl (C=O) groups excluding carboxylic acids is 3. The van der Waals surface area contributed by atoms with E-state index in [1.807, 2.05) is 0 Å². The Kier molecular flexibility index (Phi) is 9.78. The van der Waals surface area contributed by atoms with Crippen molar-refractivity contribution in [1.82, 2.24) is 20.1 Å². The molecular formula is C30H30N6O7S2. The number of aromatic nitrogens is 3. The summed E-state index contributed by atoms with van der Waals surface area (Å²) in [5.74, 6) is -0.187. The van der Waals surface area contributed by atoms with Crippen molar-refractivity contribution in [3.05, 3.63) is 86.0 Å². The number of ether oxygens (including phenoxy) is 2. The Labute approximate surface area is 266 Å². The normalized spacial score (nSPS) is 12.7. The molecule has 0 radical (unpaired) electrons. The average Bonchev–Trinajstić information content (AvgIpc) is 3.74. The number of methoxy groups -OCH3 is 1. The first-order valence-corrected chi connectivity index (χ1v) is 15.8. The highest BCUT2D eigenvalue weighted by Crippen LogP contribution is 2.40. The second kappa shape index (κ2) is 13.9. The van der Waals surface area contributed by atoms with Crippen LogP contribution in [0.25, 0.3) is 5.69 Å². The number of carbonyl (C=O) groups is 3. The van der Waals surface area contributed by atoms with E-state index in [1.165, 1.54) is 30.6 Å². The number of nitro benzene ring substituents is 1. The summed E-state index contributed by atoms with van der Waals surface area (Å²) in [6, 6.07) is 12.4. The molecule has 1 aliphatic rings. The molecule has 2 aromatic heterocycles. The second-order valence-corrected chi connectivity index (χ2v) is 12.4. The van der Waals surface area contributed by atoms with Gasteiger partial charge in [0.2, 0.25) is 5.91 Å². The Hall–Kier alpha value is -4.76. The van der Waals surface area contributed by atoms with Crippen molar-refractivity contribution in [3.8, 4) is 11.4 Å². The Morgan fingerprint density at radius 3 is 2.51 bits per heavy atom. The molecule has 2 aromatic carbocycles. The quantitative estimate of drug-likeness (QED) is 0.0926. The number of aryl methyl sites for hydroxylation is 1. The Morgan fingerprint density at radius 1 is 1.11 bits per heavy atom. The maximum absolute atomic E-state index is 13.4. The predicted molar refractivity (Wildman–Crippen MR) is 168 cm³/mol. The van der Waals surface area contributed by atoms with Gasteiger partial charge in [-0.05, 0) is 75.1 Å². The molecule has 13 nitrogen and oxygen atoms in total. The number of hydrogen-bond acceptors (Lipinski definition) is 11. The van der Waals surface area contributed by atoms with Crippen LogP contribution in [0.3, 0.4) is 0 Å². The summed E-state index contributed by atoms with van der Waals surface area (Å²) in [6.45, 7) is 3.65. The maximum Gasteiger partial charge on any atom is 0.341 e. The van der Waals surface area contributed by atoms with E-state index in [0.29, 0.717) is 38.5 Å². The average molecular weight is 651 g/mol. The van der Waals surface area contributed by atoms with Gasteiger partial charge in [-0.15, -0.1) is 21.5 Å². The highest BCUT2D eigenvalue weighted by atomic mass is 32.2. The van der Waals surface area contributed by atoms with Gasteiger partial charge in [0.25, 0.3) is 11.6 Å². The summed E-state index contributed by atoms with van der Waals surface area (Å²) in [6.07, 6.45) is 2.56. The zero-order valence-corrected chi connectivity index (χ0v) is 26.3. The molecule has 2 heterocycles. The molecule has 1 aliphatic carbocycles. The molecule has 45 heavy (non-hydrogen) atoms. The molecule has 0 aliphatic heterocycles. The third kappa shape index (κ3) is 6.99. The molecule has 15 heteroatoms. The van der Waals surface area contributed by atoms with E-state index < -0.39 is 16.1 Å². The van der Waals surface area contributed by atoms with Crippen LogP contribution in [0.4, 0.5) is 10.7 Å². The molecule has 2 N–H and O–H groups in total. The van der Waals surface area contributed by atoms with Gasteiger partial charge in [-0.2, -0.15) is 0 Å². The standard InChI is InChI=1S/C30H30N6O7S2/c1-4-43-29(39)25-22-6-5-7-23(22)45-28(25)32-26(37)17(2)44-30-34-33-24(35(30)19-10-12-20(13-11-19)36(40)41)16-31-27(38)18-8-14-21(42-3)15-9-18/h8-15,17H,4-7,16H2,1-3H3,(H,31,38)(H,32,37)/t17-/m0/s1. The number of nitrogens with zero attached hydrogens (tertiary/aromatic N) is 4. The van der Waals surface area contributed by atoms with E-state index in [2.05, 4.69) is 20.8 Å². The molecule has 0 fully saturated rings. The number of anilines is 1. The van der Waals surface area contributed by atoms with Crippen molar-refractivity contribution >= 4 is 51.6 Å². The molecule has 4 aromatic rings. The summed E-state index contributed by atoms with van der Waals surface area (Å²) in [4.78, 5) is 50.8. The summed E-state index contributed by atoms with van der Waals surface area (Å²) < 4.78 is 12.1. The Balaban J connectivity index is 1.37. The molecule has 0 bridgehead atoms. The number of non-ortho nitro benzene ring substituents is 1. The molecule has 1 atom stereocenters. The number of hydrogen-bond donors (Lipinski definition) is 2. The number of esters is 1. The number of thioether (sulfide) groups is 1. The van der Waals surface area contributed by atoms with E-state index in [1.54, 1.807) is 54.8 Å². The van der Waals surface area contributed by atoms with E-state index >= 15 is 0 Å². The lowest BCUT2D eigenvalue weighted by Gasteiger charge is -2.14. The molecular weight excluding hydrogens is 620 g/mol. The lowest BCUT2D eigenvalue weighted by Crippen LogP contribution is -2.25. The van der Waals surface area contributed by atoms with E-state index in [0.717, 1.165) is 41.5 Å². The van der Waals surface area contributed by atoms with Crippen LogP contribution in [-0.2, 0) is 28.9 Å². The number of fused-ring (bicyclic) bond motifs is 1. The topological polar surface area (TPSA) is 168 Å². The molecule has 5 rings (SSSR count). The van der Waals surface area contributed by atoms with Crippen LogP contribution in [0, 0.1) is 10.1 Å². The van der Waals surface area contributed by atoms with Gasteiger partial charge in [0.05, 0.1) is 36.0 Å². The lowest BCUT2D eigenvalue weighted by molar-refractivity contribution is -0.384. The Morgan fingerprint density at radius 2 is 1.84 bits per heavy atom. The van der Waals surface area contributed by atoms with Gasteiger partial charge in [0, 0.05) is 28.3 Å². The third-order valence-electron chi connectivity index (χ3n) is 7.07. The predicted octanol–water partition coefficient (Wildman–Crippen LogP) is 4.96. The maximum atomic E-state index is 13.4. The summed E-state index contributed by atoms with van der Waals surface area (Å²) >= 11 is 2.51. The first-order chi connectivity index (χ1) is 21.7. The first kappa shape index (κ1) is 31.7. The highest BCUT2D eigenvalue weighted by molar-refractivity contribution is 8.00. The number of benzene rings is 2. The third-order valence-corrected chi connectivity index (χ3v) is 9.32. The van der Waals surface area contributed by atoms with Crippen LogP contribution in [0.1, 0.15) is 57.2 Å². The zero-order chi connectivity index (χ0) is 32.1. The minimum Gasteiger partial charge on any atom is -0.497 e.